The molecule has 1 fully saturated rings. The van der Waals surface area contributed by atoms with E-state index in [9.17, 15) is 12.6 Å². The Morgan fingerprint density at radius 2 is 1.92 bits per heavy atom. The van der Waals surface area contributed by atoms with Crippen molar-refractivity contribution in [3.8, 4) is 0 Å². The Morgan fingerprint density at radius 3 is 2.38 bits per heavy atom. The van der Waals surface area contributed by atoms with E-state index in [1.54, 1.807) is 0 Å². The van der Waals surface area contributed by atoms with Crippen LogP contribution in [0.1, 0.15) is 12.8 Å². The van der Waals surface area contributed by atoms with Gasteiger partial charge in [0.15, 0.2) is 0 Å². The van der Waals surface area contributed by atoms with E-state index in [-0.39, 0.29) is 0 Å². The van der Waals surface area contributed by atoms with Crippen LogP contribution in [0.5, 0.6) is 0 Å². The highest BCUT2D eigenvalue weighted by Crippen LogP contribution is 2.05. The number of nitrogens with zero attached hydrogens (tertiary/aromatic N) is 1. The lowest BCUT2D eigenvalue weighted by molar-refractivity contribution is 0.590. The summed E-state index contributed by atoms with van der Waals surface area (Å²) in [6.07, 6.45) is 2.29. The minimum absolute atomic E-state index is 0.588. The highest BCUT2D eigenvalue weighted by Gasteiger charge is 2.12. The maximum Gasteiger partial charge on any atom is 0.244 e. The molecule has 7 heteroatoms. The molecule has 1 heterocycles. The Labute approximate surface area is 80.1 Å². The van der Waals surface area contributed by atoms with Crippen LogP contribution in [-0.2, 0) is 20.8 Å². The van der Waals surface area contributed by atoms with E-state index in [2.05, 4.69) is 9.93 Å². The van der Waals surface area contributed by atoms with E-state index >= 15 is 0 Å². The number of sulfonamides is 1. The molecule has 13 heavy (non-hydrogen) atoms. The van der Waals surface area contributed by atoms with Gasteiger partial charge in [-0.15, -0.1) is 0 Å². The van der Waals surface area contributed by atoms with Gasteiger partial charge in [-0.1, -0.05) is 0 Å². The van der Waals surface area contributed by atoms with Gasteiger partial charge in [0.25, 0.3) is 0 Å². The van der Waals surface area contributed by atoms with E-state index in [4.69, 9.17) is 0 Å². The van der Waals surface area contributed by atoms with Gasteiger partial charge in [-0.05, 0) is 12.8 Å². The smallest absolute Gasteiger partial charge is 0.244 e. The monoisotopic (exact) mass is 224 g/mol. The maximum atomic E-state index is 10.9. The molecular weight excluding hydrogens is 212 g/mol. The molecule has 0 aliphatic carbocycles. The van der Waals surface area contributed by atoms with Crippen molar-refractivity contribution in [1.82, 2.24) is 4.83 Å². The van der Waals surface area contributed by atoms with Crippen molar-refractivity contribution < 1.29 is 12.6 Å². The van der Waals surface area contributed by atoms with E-state index in [1.165, 1.54) is 0 Å². The normalized spacial score (nSPS) is 24.1. The Balaban J connectivity index is 2.49. The summed E-state index contributed by atoms with van der Waals surface area (Å²) in [7, 11) is -3.99. The molecule has 0 aromatic carbocycles. The van der Waals surface area contributed by atoms with E-state index < -0.39 is 20.8 Å². The topological polar surface area (TPSA) is 75.6 Å². The molecule has 5 nitrogen and oxygen atoms in total. The molecule has 1 rings (SSSR count). The molecule has 0 amide bonds. The van der Waals surface area contributed by atoms with Gasteiger partial charge < -0.3 is 0 Å². The lowest BCUT2D eigenvalue weighted by Crippen LogP contribution is -2.23. The summed E-state index contributed by atoms with van der Waals surface area (Å²) in [5.74, 6) is 1.18. The largest absolute Gasteiger partial charge is 0.260 e. The first-order valence-electron chi connectivity index (χ1n) is 3.84. The first kappa shape index (κ1) is 10.6. The van der Waals surface area contributed by atoms with Crippen LogP contribution >= 0.6 is 0 Å². The van der Waals surface area contributed by atoms with Crippen LogP contribution in [0, 0.1) is 0 Å². The third kappa shape index (κ3) is 4.37. The molecule has 1 aliphatic heterocycles. The second-order valence-electron chi connectivity index (χ2n) is 2.89. The Morgan fingerprint density at radius 1 is 1.38 bits per heavy atom. The van der Waals surface area contributed by atoms with Crippen LogP contribution in [0.25, 0.3) is 0 Å². The summed E-state index contributed by atoms with van der Waals surface area (Å²) in [6.45, 7) is 0. The van der Waals surface area contributed by atoms with Crippen molar-refractivity contribution in [2.75, 3.05) is 17.8 Å². The zero-order valence-electron chi connectivity index (χ0n) is 7.32. The predicted molar refractivity (Wildman–Crippen MR) is 52.5 cm³/mol. The molecule has 0 aromatic heterocycles. The Bertz CT molecular complexity index is 322. The fourth-order valence-corrected chi connectivity index (χ4v) is 2.38. The quantitative estimate of drug-likeness (QED) is 0.638. The standard InChI is InChI=1S/C6H12N2O3S2/c1-13(10,11)8-7-6-2-4-12(9)5-3-6/h8H,2-5H2,1H3. The van der Waals surface area contributed by atoms with E-state index in [0.29, 0.717) is 24.3 Å². The van der Waals surface area contributed by atoms with Gasteiger partial charge in [-0.2, -0.15) is 5.10 Å². The predicted octanol–water partition coefficient (Wildman–Crippen LogP) is -0.566. The number of hydrogen-bond acceptors (Lipinski definition) is 4. The summed E-state index contributed by atoms with van der Waals surface area (Å²) in [4.78, 5) is 2.07. The van der Waals surface area contributed by atoms with Crippen LogP contribution in [0.2, 0.25) is 0 Å². The third-order valence-corrected chi connectivity index (χ3v) is 3.35. The Kier molecular flexibility index (Phi) is 3.43. The third-order valence-electron chi connectivity index (χ3n) is 1.61. The Hall–Kier alpha value is -0.430. The van der Waals surface area contributed by atoms with Crippen LogP contribution in [0.3, 0.4) is 0 Å². The average Bonchev–Trinajstić information content (AvgIpc) is 2.02. The molecule has 1 saturated heterocycles. The number of nitrogens with one attached hydrogen (secondary N) is 1. The highest BCUT2D eigenvalue weighted by molar-refractivity contribution is 7.88. The van der Waals surface area contributed by atoms with Crippen LogP contribution < -0.4 is 4.83 Å². The molecule has 0 unspecified atom stereocenters. The first-order chi connectivity index (χ1) is 5.97. The van der Waals surface area contributed by atoms with E-state index in [1.807, 2.05) is 0 Å². The van der Waals surface area contributed by atoms with Gasteiger partial charge in [0.05, 0.1) is 6.26 Å². The van der Waals surface area contributed by atoms with Gasteiger partial charge in [-0.25, -0.2) is 13.2 Å². The molecule has 0 spiro atoms. The summed E-state index contributed by atoms with van der Waals surface area (Å²) >= 11 is 0. The zero-order chi connectivity index (χ0) is 9.90. The number of hydrogen-bond donors (Lipinski definition) is 1. The molecule has 1 aliphatic rings. The molecule has 0 bridgehead atoms. The molecule has 0 radical (unpaired) electrons. The van der Waals surface area contributed by atoms with Crippen LogP contribution in [0.15, 0.2) is 5.10 Å². The molecule has 0 atom stereocenters. The van der Waals surface area contributed by atoms with Crippen molar-refractivity contribution in [1.29, 1.82) is 0 Å². The second kappa shape index (κ2) is 4.19. The van der Waals surface area contributed by atoms with Crippen molar-refractivity contribution in [2.24, 2.45) is 5.10 Å². The van der Waals surface area contributed by atoms with E-state index in [0.717, 1.165) is 12.0 Å². The lowest BCUT2D eigenvalue weighted by Gasteiger charge is -2.11. The van der Waals surface area contributed by atoms with Crippen molar-refractivity contribution >= 4 is 26.5 Å². The van der Waals surface area contributed by atoms with Crippen molar-refractivity contribution in [3.63, 3.8) is 0 Å². The number of rotatable bonds is 2. The molecule has 76 valence electrons. The van der Waals surface area contributed by atoms with Crippen molar-refractivity contribution in [3.05, 3.63) is 0 Å². The van der Waals surface area contributed by atoms with Crippen molar-refractivity contribution in [2.45, 2.75) is 12.8 Å². The minimum atomic E-state index is -3.25. The lowest BCUT2D eigenvalue weighted by atomic mass is 10.2. The zero-order valence-corrected chi connectivity index (χ0v) is 8.95. The van der Waals surface area contributed by atoms with Gasteiger partial charge in [0, 0.05) is 28.0 Å². The molecule has 1 N–H and O–H groups in total. The highest BCUT2D eigenvalue weighted by atomic mass is 32.2. The maximum absolute atomic E-state index is 10.9. The summed E-state index contributed by atoms with van der Waals surface area (Å²) in [6, 6.07) is 0. The van der Waals surface area contributed by atoms with Gasteiger partial charge >= 0.3 is 0 Å². The molecular formula is C6H12N2O3S2. The van der Waals surface area contributed by atoms with Gasteiger partial charge in [0.1, 0.15) is 0 Å². The van der Waals surface area contributed by atoms with Gasteiger partial charge in [-0.3, -0.25) is 4.21 Å². The van der Waals surface area contributed by atoms with Gasteiger partial charge in [0.2, 0.25) is 10.0 Å². The van der Waals surface area contributed by atoms with Crippen LogP contribution in [-0.4, -0.2) is 36.1 Å². The summed E-state index contributed by atoms with van der Waals surface area (Å²) in [5.41, 5.74) is 0.782. The summed E-state index contributed by atoms with van der Waals surface area (Å²) in [5, 5.41) is 3.73. The minimum Gasteiger partial charge on any atom is -0.260 e. The molecule has 0 saturated carbocycles. The fourth-order valence-electron chi connectivity index (χ4n) is 0.950. The summed E-state index contributed by atoms with van der Waals surface area (Å²) < 4.78 is 32.2. The fraction of sp³-hybridized carbons (Fsp3) is 0.833. The second-order valence-corrected chi connectivity index (χ2v) is 6.31. The van der Waals surface area contributed by atoms with Crippen LogP contribution in [0.4, 0.5) is 0 Å². The number of hydrazone groups is 1. The average molecular weight is 224 g/mol. The SMILES string of the molecule is CS(=O)(=O)NN=C1CCS(=O)CC1. The molecule has 0 aromatic rings. The first-order valence-corrected chi connectivity index (χ1v) is 7.22.